The third-order valence-corrected chi connectivity index (χ3v) is 6.11. The van der Waals surface area contributed by atoms with E-state index in [0.29, 0.717) is 5.82 Å². The second kappa shape index (κ2) is 10.3. The minimum atomic E-state index is 0.182. The smallest absolute Gasteiger partial charge is 0.169 e. The first-order valence-corrected chi connectivity index (χ1v) is 10.9. The number of hydrogen-bond donors (Lipinski definition) is 1. The van der Waals surface area contributed by atoms with Gasteiger partial charge in [-0.25, -0.2) is 0 Å². The second-order valence-electron chi connectivity index (χ2n) is 7.07. The molecule has 0 bridgehead atoms. The Morgan fingerprint density at radius 1 is 1.00 bits per heavy atom. The van der Waals surface area contributed by atoms with Crippen LogP contribution in [0.25, 0.3) is 0 Å². The first kappa shape index (κ1) is 19.6. The van der Waals surface area contributed by atoms with Gasteiger partial charge in [0.2, 0.25) is 0 Å². The standard InChI is InChI=1S/C21H27N5S/c22-14-20(15-23)21-24-8-11-26(21)12-13-27-17-19-6-4-18(5-7-19)16-25-9-2-1-3-10-25/h4-7,24H,1-3,8-13,16-17H2. The monoisotopic (exact) mass is 381 g/mol. The van der Waals surface area contributed by atoms with E-state index in [2.05, 4.69) is 39.4 Å². The maximum Gasteiger partial charge on any atom is 0.169 e. The number of hydrogen-bond acceptors (Lipinski definition) is 6. The van der Waals surface area contributed by atoms with E-state index in [9.17, 15) is 0 Å². The Kier molecular flexibility index (Phi) is 7.45. The topological polar surface area (TPSA) is 66.1 Å². The van der Waals surface area contributed by atoms with Gasteiger partial charge in [-0.1, -0.05) is 30.7 Å². The lowest BCUT2D eigenvalue weighted by molar-refractivity contribution is 0.221. The summed E-state index contributed by atoms with van der Waals surface area (Å²) in [5.74, 6) is 2.67. The third-order valence-electron chi connectivity index (χ3n) is 5.10. The first-order valence-electron chi connectivity index (χ1n) is 9.71. The molecule has 2 heterocycles. The average Bonchev–Trinajstić information content (AvgIpc) is 3.17. The molecule has 1 N–H and O–H groups in total. The van der Waals surface area contributed by atoms with Crippen LogP contribution in [-0.4, -0.2) is 48.3 Å². The van der Waals surface area contributed by atoms with Gasteiger partial charge in [0, 0.05) is 37.7 Å². The van der Waals surface area contributed by atoms with E-state index < -0.39 is 0 Å². The van der Waals surface area contributed by atoms with E-state index in [-0.39, 0.29) is 5.57 Å². The fourth-order valence-corrected chi connectivity index (χ4v) is 4.54. The molecule has 0 radical (unpaired) electrons. The van der Waals surface area contributed by atoms with Crippen molar-refractivity contribution in [3.63, 3.8) is 0 Å². The molecule has 0 amide bonds. The van der Waals surface area contributed by atoms with Gasteiger partial charge in [-0.3, -0.25) is 4.90 Å². The van der Waals surface area contributed by atoms with Crippen LogP contribution >= 0.6 is 11.8 Å². The van der Waals surface area contributed by atoms with E-state index in [1.165, 1.54) is 43.5 Å². The lowest BCUT2D eigenvalue weighted by Gasteiger charge is -2.26. The Labute approximate surface area is 166 Å². The molecule has 2 fully saturated rings. The van der Waals surface area contributed by atoms with Crippen LogP contribution in [0.4, 0.5) is 0 Å². The van der Waals surface area contributed by atoms with Gasteiger partial charge in [0.15, 0.2) is 5.57 Å². The summed E-state index contributed by atoms with van der Waals surface area (Å²) in [6.07, 6.45) is 4.05. The quantitative estimate of drug-likeness (QED) is 0.578. The zero-order valence-electron chi connectivity index (χ0n) is 15.8. The Bertz CT molecular complexity index is 706. The van der Waals surface area contributed by atoms with Gasteiger partial charge < -0.3 is 10.2 Å². The molecule has 0 unspecified atom stereocenters. The minimum absolute atomic E-state index is 0.182. The van der Waals surface area contributed by atoms with Crippen LogP contribution < -0.4 is 5.32 Å². The summed E-state index contributed by atoms with van der Waals surface area (Å²) in [5.41, 5.74) is 2.94. The molecule has 0 aromatic heterocycles. The number of nitrogens with zero attached hydrogens (tertiary/aromatic N) is 4. The lowest BCUT2D eigenvalue weighted by atomic mass is 10.1. The van der Waals surface area contributed by atoms with Crippen molar-refractivity contribution in [3.8, 4) is 12.1 Å². The number of thioether (sulfide) groups is 1. The van der Waals surface area contributed by atoms with E-state index in [1.807, 2.05) is 23.9 Å². The molecule has 2 aliphatic heterocycles. The number of likely N-dealkylation sites (tertiary alicyclic amines) is 1. The van der Waals surface area contributed by atoms with Crippen molar-refractivity contribution in [3.05, 3.63) is 46.8 Å². The normalized spacial score (nSPS) is 17.3. The molecule has 6 heteroatoms. The van der Waals surface area contributed by atoms with Crippen LogP contribution in [0.2, 0.25) is 0 Å². The fourth-order valence-electron chi connectivity index (χ4n) is 3.62. The van der Waals surface area contributed by atoms with Crippen molar-refractivity contribution in [2.45, 2.75) is 31.6 Å². The molecule has 142 valence electrons. The zero-order chi connectivity index (χ0) is 18.9. The number of piperidine rings is 1. The maximum atomic E-state index is 9.05. The van der Waals surface area contributed by atoms with Gasteiger partial charge in [-0.2, -0.15) is 22.3 Å². The molecule has 5 nitrogen and oxygen atoms in total. The highest BCUT2D eigenvalue weighted by atomic mass is 32.2. The Balaban J connectivity index is 1.41. The molecule has 0 aliphatic carbocycles. The molecule has 1 aromatic carbocycles. The van der Waals surface area contributed by atoms with Crippen molar-refractivity contribution < 1.29 is 0 Å². The minimum Gasteiger partial charge on any atom is -0.368 e. The van der Waals surface area contributed by atoms with Crippen LogP contribution in [0.1, 0.15) is 30.4 Å². The van der Waals surface area contributed by atoms with Gasteiger partial charge in [-0.15, -0.1) is 0 Å². The molecule has 2 aliphatic rings. The largest absolute Gasteiger partial charge is 0.368 e. The number of allylic oxidation sites excluding steroid dienone is 1. The summed E-state index contributed by atoms with van der Waals surface area (Å²) in [7, 11) is 0. The predicted molar refractivity (Wildman–Crippen MR) is 110 cm³/mol. The number of nitriles is 2. The van der Waals surface area contributed by atoms with Crippen molar-refractivity contribution in [1.29, 1.82) is 10.5 Å². The van der Waals surface area contributed by atoms with Crippen LogP contribution in [0.15, 0.2) is 35.7 Å². The van der Waals surface area contributed by atoms with Crippen molar-refractivity contribution in [2.24, 2.45) is 0 Å². The van der Waals surface area contributed by atoms with Crippen LogP contribution in [-0.2, 0) is 12.3 Å². The summed E-state index contributed by atoms with van der Waals surface area (Å²) >= 11 is 1.90. The van der Waals surface area contributed by atoms with E-state index in [0.717, 1.165) is 37.7 Å². The van der Waals surface area contributed by atoms with Crippen molar-refractivity contribution in [1.82, 2.24) is 15.1 Å². The molecule has 3 rings (SSSR count). The summed E-state index contributed by atoms with van der Waals surface area (Å²) in [6, 6.07) is 13.0. The molecule has 0 atom stereocenters. The number of benzene rings is 1. The third kappa shape index (κ3) is 5.66. The number of rotatable bonds is 7. The predicted octanol–water partition coefficient (Wildman–Crippen LogP) is 3.07. The van der Waals surface area contributed by atoms with Gasteiger partial charge >= 0.3 is 0 Å². The Morgan fingerprint density at radius 2 is 1.70 bits per heavy atom. The second-order valence-corrected chi connectivity index (χ2v) is 8.17. The molecule has 1 aromatic rings. The fraction of sp³-hybridized carbons (Fsp3) is 0.524. The summed E-state index contributed by atoms with van der Waals surface area (Å²) in [4.78, 5) is 4.66. The van der Waals surface area contributed by atoms with E-state index >= 15 is 0 Å². The molecular weight excluding hydrogens is 354 g/mol. The summed E-state index contributed by atoms with van der Waals surface area (Å²) in [6.45, 7) is 6.05. The molecule has 27 heavy (non-hydrogen) atoms. The van der Waals surface area contributed by atoms with Crippen LogP contribution in [0, 0.1) is 22.7 Å². The molecular formula is C21H27N5S. The highest BCUT2D eigenvalue weighted by molar-refractivity contribution is 7.98. The van der Waals surface area contributed by atoms with Gasteiger partial charge in [-0.05, 0) is 37.1 Å². The van der Waals surface area contributed by atoms with Gasteiger partial charge in [0.25, 0.3) is 0 Å². The highest BCUT2D eigenvalue weighted by Crippen LogP contribution is 2.18. The first-order chi connectivity index (χ1) is 13.3. The Morgan fingerprint density at radius 3 is 2.41 bits per heavy atom. The van der Waals surface area contributed by atoms with Crippen molar-refractivity contribution >= 4 is 11.8 Å². The van der Waals surface area contributed by atoms with Gasteiger partial charge in [0.05, 0.1) is 0 Å². The average molecular weight is 382 g/mol. The SMILES string of the molecule is N#CC(C#N)=C1NCCN1CCSCc1ccc(CN2CCCCC2)cc1. The molecule has 2 saturated heterocycles. The van der Waals surface area contributed by atoms with Crippen molar-refractivity contribution in [2.75, 3.05) is 38.5 Å². The zero-order valence-corrected chi connectivity index (χ0v) is 16.6. The highest BCUT2D eigenvalue weighted by Gasteiger charge is 2.20. The Hall–Kier alpha value is -2.15. The van der Waals surface area contributed by atoms with Gasteiger partial charge in [0.1, 0.15) is 18.0 Å². The molecule has 0 spiro atoms. The lowest BCUT2D eigenvalue weighted by Crippen LogP contribution is -2.29. The maximum absolute atomic E-state index is 9.05. The number of nitrogens with one attached hydrogen (secondary N) is 1. The molecule has 0 saturated carbocycles. The van der Waals surface area contributed by atoms with E-state index in [4.69, 9.17) is 10.5 Å². The summed E-state index contributed by atoms with van der Waals surface area (Å²) in [5, 5.41) is 21.2. The van der Waals surface area contributed by atoms with E-state index in [1.54, 1.807) is 0 Å². The summed E-state index contributed by atoms with van der Waals surface area (Å²) < 4.78 is 0. The van der Waals surface area contributed by atoms with Crippen LogP contribution in [0.3, 0.4) is 0 Å². The van der Waals surface area contributed by atoms with Crippen LogP contribution in [0.5, 0.6) is 0 Å².